The molecule has 0 amide bonds. The van der Waals surface area contributed by atoms with Gasteiger partial charge in [0.1, 0.15) is 5.75 Å². The van der Waals surface area contributed by atoms with E-state index in [0.29, 0.717) is 12.3 Å². The number of nitrogens with two attached hydrogens (primary N) is 1. The zero-order valence-electron chi connectivity index (χ0n) is 10.7. The SMILES string of the molecule is CC(C)(C)n1cc(CCN)c2cc(O)ccc21. The molecule has 0 radical (unpaired) electrons. The van der Waals surface area contributed by atoms with Crippen molar-refractivity contribution in [1.29, 1.82) is 0 Å². The van der Waals surface area contributed by atoms with Crippen molar-refractivity contribution in [2.24, 2.45) is 5.73 Å². The normalized spacial score (nSPS) is 12.2. The molecule has 92 valence electrons. The molecule has 2 aromatic rings. The van der Waals surface area contributed by atoms with Crippen LogP contribution in [0.15, 0.2) is 24.4 Å². The second-order valence-corrected chi connectivity index (χ2v) is 5.44. The number of rotatable bonds is 2. The highest BCUT2D eigenvalue weighted by Crippen LogP contribution is 2.30. The zero-order chi connectivity index (χ0) is 12.6. The van der Waals surface area contributed by atoms with Crippen molar-refractivity contribution in [2.45, 2.75) is 32.7 Å². The van der Waals surface area contributed by atoms with Gasteiger partial charge in [0.05, 0.1) is 0 Å². The summed E-state index contributed by atoms with van der Waals surface area (Å²) in [7, 11) is 0. The Kier molecular flexibility index (Phi) is 2.87. The number of aromatic nitrogens is 1. The summed E-state index contributed by atoms with van der Waals surface area (Å²) in [6, 6.07) is 5.52. The molecule has 17 heavy (non-hydrogen) atoms. The van der Waals surface area contributed by atoms with Gasteiger partial charge in [0.2, 0.25) is 0 Å². The van der Waals surface area contributed by atoms with Crippen LogP contribution in [0.2, 0.25) is 0 Å². The standard InChI is InChI=1S/C14H20N2O/c1-14(2,3)16-9-10(6-7-15)12-8-11(17)4-5-13(12)16/h4-5,8-9,17H,6-7,15H2,1-3H3. The largest absolute Gasteiger partial charge is 0.508 e. The van der Waals surface area contributed by atoms with Crippen LogP contribution in [-0.4, -0.2) is 16.2 Å². The summed E-state index contributed by atoms with van der Waals surface area (Å²) in [4.78, 5) is 0. The third kappa shape index (κ3) is 2.15. The van der Waals surface area contributed by atoms with Crippen LogP contribution in [0, 0.1) is 0 Å². The van der Waals surface area contributed by atoms with Crippen molar-refractivity contribution in [1.82, 2.24) is 4.57 Å². The number of phenols is 1. The van der Waals surface area contributed by atoms with Gasteiger partial charge in [-0.3, -0.25) is 0 Å². The van der Waals surface area contributed by atoms with Crippen LogP contribution < -0.4 is 5.73 Å². The first-order chi connectivity index (χ1) is 7.93. The van der Waals surface area contributed by atoms with Gasteiger partial charge in [-0.2, -0.15) is 0 Å². The van der Waals surface area contributed by atoms with E-state index in [4.69, 9.17) is 5.73 Å². The van der Waals surface area contributed by atoms with E-state index in [1.807, 2.05) is 12.1 Å². The van der Waals surface area contributed by atoms with Crippen LogP contribution in [-0.2, 0) is 12.0 Å². The molecule has 0 saturated carbocycles. The lowest BCUT2D eigenvalue weighted by Crippen LogP contribution is -2.20. The second-order valence-electron chi connectivity index (χ2n) is 5.44. The summed E-state index contributed by atoms with van der Waals surface area (Å²) in [6.07, 6.45) is 2.99. The Morgan fingerprint density at radius 2 is 2.00 bits per heavy atom. The van der Waals surface area contributed by atoms with E-state index in [0.717, 1.165) is 17.3 Å². The van der Waals surface area contributed by atoms with Crippen LogP contribution in [0.4, 0.5) is 0 Å². The van der Waals surface area contributed by atoms with Gasteiger partial charge in [0.15, 0.2) is 0 Å². The highest BCUT2D eigenvalue weighted by Gasteiger charge is 2.18. The van der Waals surface area contributed by atoms with Crippen molar-refractivity contribution < 1.29 is 5.11 Å². The van der Waals surface area contributed by atoms with E-state index in [2.05, 4.69) is 31.5 Å². The third-order valence-corrected chi connectivity index (χ3v) is 3.01. The first kappa shape index (κ1) is 12.0. The van der Waals surface area contributed by atoms with E-state index in [9.17, 15) is 5.11 Å². The molecule has 2 rings (SSSR count). The van der Waals surface area contributed by atoms with Gasteiger partial charge >= 0.3 is 0 Å². The van der Waals surface area contributed by atoms with Crippen molar-refractivity contribution in [3.63, 3.8) is 0 Å². The lowest BCUT2D eigenvalue weighted by atomic mass is 10.1. The number of hydrogen-bond acceptors (Lipinski definition) is 2. The number of fused-ring (bicyclic) bond motifs is 1. The van der Waals surface area contributed by atoms with Crippen molar-refractivity contribution in [3.05, 3.63) is 30.0 Å². The average Bonchev–Trinajstić information content (AvgIpc) is 2.57. The number of aromatic hydroxyl groups is 1. The zero-order valence-corrected chi connectivity index (χ0v) is 10.7. The topological polar surface area (TPSA) is 51.2 Å². The maximum atomic E-state index is 9.59. The molecule has 0 aliphatic carbocycles. The maximum absolute atomic E-state index is 9.59. The smallest absolute Gasteiger partial charge is 0.116 e. The Bertz CT molecular complexity index is 535. The lowest BCUT2D eigenvalue weighted by Gasteiger charge is -2.22. The predicted octanol–water partition coefficient (Wildman–Crippen LogP) is 2.60. The van der Waals surface area contributed by atoms with Gasteiger partial charge in [-0.05, 0) is 57.5 Å². The molecule has 0 atom stereocenters. The van der Waals surface area contributed by atoms with Gasteiger partial charge < -0.3 is 15.4 Å². The molecule has 0 aliphatic rings. The van der Waals surface area contributed by atoms with Crippen molar-refractivity contribution >= 4 is 10.9 Å². The van der Waals surface area contributed by atoms with Crippen molar-refractivity contribution in [2.75, 3.05) is 6.54 Å². The highest BCUT2D eigenvalue weighted by molar-refractivity contribution is 5.85. The predicted molar refractivity (Wildman–Crippen MR) is 71.4 cm³/mol. The molecule has 3 heteroatoms. The van der Waals surface area contributed by atoms with Gasteiger partial charge in [-0.1, -0.05) is 0 Å². The third-order valence-electron chi connectivity index (χ3n) is 3.01. The number of benzene rings is 1. The molecule has 1 aromatic heterocycles. The average molecular weight is 232 g/mol. The molecule has 0 saturated heterocycles. The van der Waals surface area contributed by atoms with E-state index in [1.54, 1.807) is 6.07 Å². The Labute approximate surface area is 102 Å². The molecule has 0 unspecified atom stereocenters. The van der Waals surface area contributed by atoms with Crippen LogP contribution in [0.1, 0.15) is 26.3 Å². The van der Waals surface area contributed by atoms with E-state index in [1.165, 1.54) is 5.56 Å². The summed E-state index contributed by atoms with van der Waals surface area (Å²) in [5.41, 5.74) is 8.02. The minimum atomic E-state index is 0.0298. The fraction of sp³-hybridized carbons (Fsp3) is 0.429. The van der Waals surface area contributed by atoms with Gasteiger partial charge in [-0.25, -0.2) is 0 Å². The molecule has 0 spiro atoms. The van der Waals surface area contributed by atoms with Gasteiger partial charge in [0.25, 0.3) is 0 Å². The number of hydrogen-bond donors (Lipinski definition) is 2. The van der Waals surface area contributed by atoms with Crippen LogP contribution in [0.25, 0.3) is 10.9 Å². The van der Waals surface area contributed by atoms with E-state index < -0.39 is 0 Å². The molecular formula is C14H20N2O. The molecule has 1 heterocycles. The summed E-state index contributed by atoms with van der Waals surface area (Å²) >= 11 is 0. The molecule has 0 bridgehead atoms. The summed E-state index contributed by atoms with van der Waals surface area (Å²) in [5, 5.41) is 10.7. The Morgan fingerprint density at radius 3 is 2.59 bits per heavy atom. The van der Waals surface area contributed by atoms with Gasteiger partial charge in [0, 0.05) is 22.6 Å². The minimum Gasteiger partial charge on any atom is -0.508 e. The fourth-order valence-corrected chi connectivity index (χ4v) is 2.20. The lowest BCUT2D eigenvalue weighted by molar-refractivity contribution is 0.410. The fourth-order valence-electron chi connectivity index (χ4n) is 2.20. The minimum absolute atomic E-state index is 0.0298. The molecular weight excluding hydrogens is 212 g/mol. The van der Waals surface area contributed by atoms with Crippen LogP contribution >= 0.6 is 0 Å². The van der Waals surface area contributed by atoms with Gasteiger partial charge in [-0.15, -0.1) is 0 Å². The molecule has 3 nitrogen and oxygen atoms in total. The first-order valence-electron chi connectivity index (χ1n) is 5.97. The molecule has 1 aromatic carbocycles. The summed E-state index contributed by atoms with van der Waals surface area (Å²) in [5.74, 6) is 0.308. The first-order valence-corrected chi connectivity index (χ1v) is 5.97. The summed E-state index contributed by atoms with van der Waals surface area (Å²) in [6.45, 7) is 7.14. The summed E-state index contributed by atoms with van der Waals surface area (Å²) < 4.78 is 2.24. The Morgan fingerprint density at radius 1 is 1.29 bits per heavy atom. The van der Waals surface area contributed by atoms with Crippen LogP contribution in [0.5, 0.6) is 5.75 Å². The monoisotopic (exact) mass is 232 g/mol. The number of phenolic OH excluding ortho intramolecular Hbond substituents is 1. The second kappa shape index (κ2) is 4.08. The highest BCUT2D eigenvalue weighted by atomic mass is 16.3. The van der Waals surface area contributed by atoms with E-state index >= 15 is 0 Å². The molecule has 0 fully saturated rings. The molecule has 3 N–H and O–H groups in total. The number of nitrogens with zero attached hydrogens (tertiary/aromatic N) is 1. The van der Waals surface area contributed by atoms with E-state index in [-0.39, 0.29) is 5.54 Å². The quantitative estimate of drug-likeness (QED) is 0.836. The molecule has 0 aliphatic heterocycles. The van der Waals surface area contributed by atoms with Crippen molar-refractivity contribution in [3.8, 4) is 5.75 Å². The van der Waals surface area contributed by atoms with Crippen LogP contribution in [0.3, 0.4) is 0 Å². The Hall–Kier alpha value is -1.48. The Balaban J connectivity index is 2.70. The maximum Gasteiger partial charge on any atom is 0.116 e.